The van der Waals surface area contributed by atoms with Gasteiger partial charge in [0.05, 0.1) is 22.2 Å². The molecule has 8 heteroatoms. The van der Waals surface area contributed by atoms with E-state index in [0.717, 1.165) is 11.1 Å². The summed E-state index contributed by atoms with van der Waals surface area (Å²) >= 11 is 30.7. The molecule has 0 spiro atoms. The lowest BCUT2D eigenvalue weighted by atomic mass is 10.1. The molecule has 0 aliphatic carbocycles. The second kappa shape index (κ2) is 10.8. The summed E-state index contributed by atoms with van der Waals surface area (Å²) in [6, 6.07) is 12.9. The topological polar surface area (TPSA) is 35.5 Å². The molecule has 0 aromatic heterocycles. The summed E-state index contributed by atoms with van der Waals surface area (Å²) in [6.07, 6.45) is 3.25. The molecule has 0 heterocycles. The summed E-state index contributed by atoms with van der Waals surface area (Å²) in [5, 5.41) is 0.278. The highest BCUT2D eigenvalue weighted by Crippen LogP contribution is 2.48. The minimum absolute atomic E-state index is 0.0519. The molecule has 0 saturated heterocycles. The van der Waals surface area contributed by atoms with E-state index < -0.39 is 0 Å². The van der Waals surface area contributed by atoms with Gasteiger partial charge in [0.25, 0.3) is 0 Å². The zero-order valence-electron chi connectivity index (χ0n) is 17.0. The molecule has 3 aromatic carbocycles. The lowest BCUT2D eigenvalue weighted by molar-refractivity contribution is 0.104. The summed E-state index contributed by atoms with van der Waals surface area (Å²) in [5.41, 5.74) is 3.13. The highest BCUT2D eigenvalue weighted by atomic mass is 35.5. The van der Waals surface area contributed by atoms with Crippen LogP contribution in [0, 0.1) is 6.92 Å². The second-order valence-electron chi connectivity index (χ2n) is 6.83. The molecule has 3 aromatic rings. The van der Waals surface area contributed by atoms with Crippen LogP contribution in [0.4, 0.5) is 0 Å². The van der Waals surface area contributed by atoms with Crippen LogP contribution in [0.3, 0.4) is 0 Å². The molecule has 0 atom stereocenters. The summed E-state index contributed by atoms with van der Waals surface area (Å²) < 4.78 is 11.2. The van der Waals surface area contributed by atoms with Crippen molar-refractivity contribution in [3.05, 3.63) is 95.9 Å². The Morgan fingerprint density at radius 3 is 2.19 bits per heavy atom. The fourth-order valence-electron chi connectivity index (χ4n) is 2.94. The third kappa shape index (κ3) is 5.54. The number of carbonyl (C=O) groups is 1. The van der Waals surface area contributed by atoms with Crippen LogP contribution in [-0.2, 0) is 6.61 Å². The molecule has 166 valence electrons. The molecule has 0 unspecified atom stereocenters. The Morgan fingerprint density at radius 2 is 1.56 bits per heavy atom. The van der Waals surface area contributed by atoms with Crippen LogP contribution in [0.1, 0.15) is 27.0 Å². The number of halogens is 5. The normalized spacial score (nSPS) is 11.1. The van der Waals surface area contributed by atoms with E-state index in [2.05, 4.69) is 0 Å². The number of methoxy groups -OCH3 is 1. The van der Waals surface area contributed by atoms with Gasteiger partial charge in [-0.05, 0) is 36.8 Å². The first-order valence-corrected chi connectivity index (χ1v) is 11.2. The van der Waals surface area contributed by atoms with Crippen LogP contribution in [0.2, 0.25) is 25.1 Å². The van der Waals surface area contributed by atoms with Gasteiger partial charge in [0.2, 0.25) is 0 Å². The number of aryl methyl sites for hydroxylation is 1. The van der Waals surface area contributed by atoms with Crippen LogP contribution in [0.15, 0.2) is 48.5 Å². The lowest BCUT2D eigenvalue weighted by Crippen LogP contribution is -2.01. The van der Waals surface area contributed by atoms with E-state index in [1.54, 1.807) is 25.3 Å². The molecular formula is C24H17Cl5O3. The zero-order valence-corrected chi connectivity index (χ0v) is 20.8. The van der Waals surface area contributed by atoms with Gasteiger partial charge >= 0.3 is 0 Å². The Morgan fingerprint density at radius 1 is 0.906 bits per heavy atom. The molecular weight excluding hydrogens is 514 g/mol. The van der Waals surface area contributed by atoms with Gasteiger partial charge in [-0.3, -0.25) is 4.79 Å². The van der Waals surface area contributed by atoms with E-state index in [1.807, 2.05) is 37.3 Å². The smallest absolute Gasteiger partial charge is 0.185 e. The molecule has 0 N–H and O–H groups in total. The van der Waals surface area contributed by atoms with Crippen molar-refractivity contribution in [2.45, 2.75) is 13.5 Å². The van der Waals surface area contributed by atoms with Crippen molar-refractivity contribution < 1.29 is 14.3 Å². The van der Waals surface area contributed by atoms with Gasteiger partial charge in [-0.1, -0.05) is 93.9 Å². The first-order chi connectivity index (χ1) is 15.2. The summed E-state index contributed by atoms with van der Waals surface area (Å²) in [6.45, 7) is 2.00. The number of benzene rings is 3. The summed E-state index contributed by atoms with van der Waals surface area (Å²) in [7, 11) is 1.55. The second-order valence-corrected chi connectivity index (χ2v) is 8.72. The number of carbonyl (C=O) groups excluding carboxylic acids is 1. The van der Waals surface area contributed by atoms with Crippen molar-refractivity contribution in [1.82, 2.24) is 0 Å². The van der Waals surface area contributed by atoms with Crippen LogP contribution in [0.25, 0.3) is 6.08 Å². The Kier molecular flexibility index (Phi) is 8.37. The summed E-state index contributed by atoms with van der Waals surface area (Å²) in [4.78, 5) is 12.5. The molecule has 3 rings (SSSR count). The number of allylic oxidation sites excluding steroid dienone is 1. The molecule has 0 aliphatic rings. The van der Waals surface area contributed by atoms with Gasteiger partial charge in [0.1, 0.15) is 22.4 Å². The van der Waals surface area contributed by atoms with Crippen LogP contribution in [-0.4, -0.2) is 12.9 Å². The SMILES string of the molecule is COc1ccc(/C=C/C(=O)c2cccc(C)c2)cc1COc1c(Cl)c(Cl)c(Cl)c(Cl)c1Cl. The standard InChI is InChI=1S/C24H17Cl5O3/c1-13-4-3-5-15(10-13)17(30)8-6-14-7-9-18(31-2)16(11-14)12-32-24-22(28)20(26)19(25)21(27)23(24)29/h3-11H,12H2,1-2H3/b8-6+. The number of ether oxygens (including phenoxy) is 2. The van der Waals surface area contributed by atoms with E-state index in [-0.39, 0.29) is 43.3 Å². The maximum absolute atomic E-state index is 12.5. The van der Waals surface area contributed by atoms with Crippen molar-refractivity contribution in [3.63, 3.8) is 0 Å². The Bertz CT molecular complexity index is 1180. The summed E-state index contributed by atoms with van der Waals surface area (Å²) in [5.74, 6) is 0.613. The van der Waals surface area contributed by atoms with Crippen LogP contribution < -0.4 is 9.47 Å². The molecule has 32 heavy (non-hydrogen) atoms. The molecule has 0 aliphatic heterocycles. The fraction of sp³-hybridized carbons (Fsp3) is 0.125. The number of ketones is 1. The van der Waals surface area contributed by atoms with E-state index in [4.69, 9.17) is 67.5 Å². The number of hydrogen-bond acceptors (Lipinski definition) is 3. The molecule has 0 bridgehead atoms. The predicted molar refractivity (Wildman–Crippen MR) is 133 cm³/mol. The minimum atomic E-state index is -0.0914. The van der Waals surface area contributed by atoms with Crippen molar-refractivity contribution in [2.75, 3.05) is 7.11 Å². The van der Waals surface area contributed by atoms with Crippen molar-refractivity contribution >= 4 is 69.9 Å². The van der Waals surface area contributed by atoms with Gasteiger partial charge in [0, 0.05) is 11.1 Å². The third-order valence-corrected chi connectivity index (χ3v) is 6.82. The molecule has 0 amide bonds. The van der Waals surface area contributed by atoms with Crippen LogP contribution in [0.5, 0.6) is 11.5 Å². The molecule has 0 radical (unpaired) electrons. The largest absolute Gasteiger partial charge is 0.496 e. The van der Waals surface area contributed by atoms with Gasteiger partial charge in [-0.2, -0.15) is 0 Å². The van der Waals surface area contributed by atoms with Crippen molar-refractivity contribution in [1.29, 1.82) is 0 Å². The maximum Gasteiger partial charge on any atom is 0.185 e. The Hall–Kier alpha value is -1.88. The van der Waals surface area contributed by atoms with E-state index in [0.29, 0.717) is 16.9 Å². The number of hydrogen-bond donors (Lipinski definition) is 0. The molecule has 3 nitrogen and oxygen atoms in total. The quantitative estimate of drug-likeness (QED) is 0.133. The highest BCUT2D eigenvalue weighted by Gasteiger charge is 2.21. The van der Waals surface area contributed by atoms with E-state index in [9.17, 15) is 4.79 Å². The van der Waals surface area contributed by atoms with Gasteiger partial charge in [-0.15, -0.1) is 0 Å². The van der Waals surface area contributed by atoms with Crippen molar-refractivity contribution in [2.24, 2.45) is 0 Å². The molecule has 0 fully saturated rings. The monoisotopic (exact) mass is 528 g/mol. The minimum Gasteiger partial charge on any atom is -0.496 e. The third-order valence-electron chi connectivity index (χ3n) is 4.58. The first kappa shape index (κ1) is 24.8. The van der Waals surface area contributed by atoms with E-state index >= 15 is 0 Å². The lowest BCUT2D eigenvalue weighted by Gasteiger charge is -2.15. The zero-order chi connectivity index (χ0) is 23.4. The Labute approximate surface area is 211 Å². The first-order valence-electron chi connectivity index (χ1n) is 9.33. The fourth-order valence-corrected chi connectivity index (χ4v) is 4.17. The average molecular weight is 531 g/mol. The van der Waals surface area contributed by atoms with E-state index in [1.165, 1.54) is 6.08 Å². The molecule has 0 saturated carbocycles. The van der Waals surface area contributed by atoms with Gasteiger partial charge in [0.15, 0.2) is 11.5 Å². The average Bonchev–Trinajstić information content (AvgIpc) is 2.80. The number of rotatable bonds is 7. The van der Waals surface area contributed by atoms with Crippen molar-refractivity contribution in [3.8, 4) is 11.5 Å². The van der Waals surface area contributed by atoms with Gasteiger partial charge in [-0.25, -0.2) is 0 Å². The Balaban J connectivity index is 1.84. The predicted octanol–water partition coefficient (Wildman–Crippen LogP) is 8.75. The van der Waals surface area contributed by atoms with Crippen LogP contribution >= 0.6 is 58.0 Å². The van der Waals surface area contributed by atoms with Gasteiger partial charge < -0.3 is 9.47 Å². The maximum atomic E-state index is 12.5. The highest BCUT2D eigenvalue weighted by molar-refractivity contribution is 6.55.